The summed E-state index contributed by atoms with van der Waals surface area (Å²) < 4.78 is 25.5. The van der Waals surface area contributed by atoms with Crippen LogP contribution >= 0.6 is 0 Å². The number of hydrogen-bond acceptors (Lipinski definition) is 3. The summed E-state index contributed by atoms with van der Waals surface area (Å²) >= 11 is 0. The number of benzene rings is 1. The molecule has 94 valence electrons. The van der Waals surface area contributed by atoms with E-state index in [1.807, 2.05) is 13.0 Å². The second kappa shape index (κ2) is 4.85. The van der Waals surface area contributed by atoms with Gasteiger partial charge in [0, 0.05) is 7.05 Å². The Kier molecular flexibility index (Phi) is 3.90. The summed E-state index contributed by atoms with van der Waals surface area (Å²) in [5, 5.41) is 7.13. The first kappa shape index (κ1) is 13.7. The molecular formula is C11H17N3O2S. The number of nitrogens with two attached hydrogens (primary N) is 1. The van der Waals surface area contributed by atoms with Gasteiger partial charge in [-0.3, -0.25) is 5.41 Å². The monoisotopic (exact) mass is 255 g/mol. The number of aryl methyl sites for hydroxylation is 2. The number of rotatable bonds is 4. The van der Waals surface area contributed by atoms with E-state index < -0.39 is 10.0 Å². The molecule has 0 aliphatic heterocycles. The molecule has 17 heavy (non-hydrogen) atoms. The van der Waals surface area contributed by atoms with Crippen LogP contribution in [0.15, 0.2) is 23.1 Å². The van der Waals surface area contributed by atoms with Gasteiger partial charge in [0.05, 0.1) is 11.4 Å². The first-order chi connectivity index (χ1) is 7.75. The Labute approximate surface area is 102 Å². The van der Waals surface area contributed by atoms with Crippen molar-refractivity contribution in [1.82, 2.24) is 4.31 Å². The maximum atomic E-state index is 12.2. The third kappa shape index (κ3) is 3.04. The fourth-order valence-electron chi connectivity index (χ4n) is 1.48. The Morgan fingerprint density at radius 1 is 1.41 bits per heavy atom. The Hall–Kier alpha value is -1.40. The molecule has 0 aliphatic rings. The van der Waals surface area contributed by atoms with Gasteiger partial charge in [0.15, 0.2) is 0 Å². The number of hydrogen-bond donors (Lipinski definition) is 2. The van der Waals surface area contributed by atoms with Crippen molar-refractivity contribution < 1.29 is 8.42 Å². The van der Waals surface area contributed by atoms with Crippen LogP contribution in [0, 0.1) is 19.3 Å². The predicted octanol–water partition coefficient (Wildman–Crippen LogP) is 0.860. The normalized spacial score (nSPS) is 11.8. The molecule has 0 saturated carbocycles. The molecule has 0 heterocycles. The van der Waals surface area contributed by atoms with E-state index in [0.29, 0.717) is 5.56 Å². The van der Waals surface area contributed by atoms with Crippen molar-refractivity contribution in [2.24, 2.45) is 5.73 Å². The lowest BCUT2D eigenvalue weighted by Gasteiger charge is -2.18. The highest BCUT2D eigenvalue weighted by Crippen LogP contribution is 2.19. The van der Waals surface area contributed by atoms with Crippen LogP contribution in [0.2, 0.25) is 0 Å². The zero-order valence-electron chi connectivity index (χ0n) is 10.2. The van der Waals surface area contributed by atoms with Crippen LogP contribution in [0.1, 0.15) is 11.1 Å². The summed E-state index contributed by atoms with van der Waals surface area (Å²) in [5.41, 5.74) is 6.78. The summed E-state index contributed by atoms with van der Waals surface area (Å²) in [6.45, 7) is 3.48. The lowest BCUT2D eigenvalue weighted by molar-refractivity contribution is 0.504. The number of sulfonamides is 1. The van der Waals surface area contributed by atoms with Crippen molar-refractivity contribution in [2.75, 3.05) is 13.6 Å². The second-order valence-electron chi connectivity index (χ2n) is 4.06. The first-order valence-corrected chi connectivity index (χ1v) is 6.55. The van der Waals surface area contributed by atoms with Crippen LogP contribution in [0.5, 0.6) is 0 Å². The molecular weight excluding hydrogens is 238 g/mol. The highest BCUT2D eigenvalue weighted by Gasteiger charge is 2.23. The van der Waals surface area contributed by atoms with E-state index in [1.165, 1.54) is 7.05 Å². The lowest BCUT2D eigenvalue weighted by Crippen LogP contribution is -2.35. The van der Waals surface area contributed by atoms with Gasteiger partial charge in [-0.2, -0.15) is 4.31 Å². The zero-order chi connectivity index (χ0) is 13.2. The Balaban J connectivity index is 3.21. The van der Waals surface area contributed by atoms with E-state index in [9.17, 15) is 8.42 Å². The van der Waals surface area contributed by atoms with E-state index in [4.69, 9.17) is 11.1 Å². The average molecular weight is 255 g/mol. The van der Waals surface area contributed by atoms with Crippen molar-refractivity contribution in [3.05, 3.63) is 29.3 Å². The minimum Gasteiger partial charge on any atom is -0.387 e. The molecule has 0 bridgehead atoms. The fraction of sp³-hybridized carbons (Fsp3) is 0.364. The van der Waals surface area contributed by atoms with Crippen LogP contribution in [-0.4, -0.2) is 32.2 Å². The highest BCUT2D eigenvalue weighted by atomic mass is 32.2. The van der Waals surface area contributed by atoms with Gasteiger partial charge in [-0.25, -0.2) is 8.42 Å². The molecule has 1 rings (SSSR count). The molecule has 1 aromatic carbocycles. The van der Waals surface area contributed by atoms with Crippen LogP contribution in [0.25, 0.3) is 0 Å². The molecule has 0 aromatic heterocycles. The van der Waals surface area contributed by atoms with Crippen LogP contribution in [0.4, 0.5) is 0 Å². The Bertz CT molecular complexity index is 538. The van der Waals surface area contributed by atoms with Gasteiger partial charge in [-0.15, -0.1) is 0 Å². The molecule has 0 aliphatic carbocycles. The summed E-state index contributed by atoms with van der Waals surface area (Å²) in [6.07, 6.45) is 0. The van der Waals surface area contributed by atoms with Gasteiger partial charge in [0.2, 0.25) is 10.0 Å². The summed E-state index contributed by atoms with van der Waals surface area (Å²) in [7, 11) is -2.16. The molecule has 1 aromatic rings. The zero-order valence-corrected chi connectivity index (χ0v) is 11.0. The third-order valence-electron chi connectivity index (χ3n) is 2.42. The lowest BCUT2D eigenvalue weighted by atomic mass is 10.2. The molecule has 0 unspecified atom stereocenters. The third-order valence-corrected chi connectivity index (χ3v) is 4.37. The molecule has 6 heteroatoms. The SMILES string of the molecule is Cc1ccc(C)c(S(=O)(=O)N(C)CC(=N)N)c1. The molecule has 5 nitrogen and oxygen atoms in total. The van der Waals surface area contributed by atoms with Crippen molar-refractivity contribution in [3.63, 3.8) is 0 Å². The number of nitrogens with one attached hydrogen (secondary N) is 1. The fourth-order valence-corrected chi connectivity index (χ4v) is 2.93. The summed E-state index contributed by atoms with van der Waals surface area (Å²) in [6, 6.07) is 5.25. The summed E-state index contributed by atoms with van der Waals surface area (Å²) in [5.74, 6) is -0.179. The van der Waals surface area contributed by atoms with Crippen LogP contribution < -0.4 is 5.73 Å². The first-order valence-electron chi connectivity index (χ1n) is 5.11. The smallest absolute Gasteiger partial charge is 0.243 e. The van der Waals surface area contributed by atoms with Crippen LogP contribution in [0.3, 0.4) is 0 Å². The van der Waals surface area contributed by atoms with E-state index >= 15 is 0 Å². The van der Waals surface area contributed by atoms with Gasteiger partial charge in [-0.05, 0) is 31.0 Å². The number of amidine groups is 1. The van der Waals surface area contributed by atoms with Crippen molar-refractivity contribution in [3.8, 4) is 0 Å². The van der Waals surface area contributed by atoms with E-state index in [1.54, 1.807) is 19.1 Å². The number of likely N-dealkylation sites (N-methyl/N-ethyl adjacent to an activating group) is 1. The van der Waals surface area contributed by atoms with E-state index in [2.05, 4.69) is 0 Å². The van der Waals surface area contributed by atoms with Crippen LogP contribution in [-0.2, 0) is 10.0 Å². The topological polar surface area (TPSA) is 87.2 Å². The quantitative estimate of drug-likeness (QED) is 0.618. The molecule has 0 saturated heterocycles. The molecule has 0 spiro atoms. The van der Waals surface area contributed by atoms with Gasteiger partial charge < -0.3 is 5.73 Å². The minimum absolute atomic E-state index is 0.101. The van der Waals surface area contributed by atoms with Gasteiger partial charge in [-0.1, -0.05) is 12.1 Å². The van der Waals surface area contributed by atoms with Crippen molar-refractivity contribution in [1.29, 1.82) is 5.41 Å². The number of nitrogens with zero attached hydrogens (tertiary/aromatic N) is 1. The molecule has 3 N–H and O–H groups in total. The highest BCUT2D eigenvalue weighted by molar-refractivity contribution is 7.89. The Morgan fingerprint density at radius 3 is 2.53 bits per heavy atom. The van der Waals surface area contributed by atoms with E-state index in [-0.39, 0.29) is 17.3 Å². The standard InChI is InChI=1S/C11H17N3O2S/c1-8-4-5-9(2)10(6-8)17(15,16)14(3)7-11(12)13/h4-6H,7H2,1-3H3,(H3,12,13). The van der Waals surface area contributed by atoms with Gasteiger partial charge >= 0.3 is 0 Å². The average Bonchev–Trinajstić information content (AvgIpc) is 2.20. The largest absolute Gasteiger partial charge is 0.387 e. The molecule has 0 fully saturated rings. The minimum atomic E-state index is -3.57. The second-order valence-corrected chi connectivity index (χ2v) is 6.07. The van der Waals surface area contributed by atoms with Crippen molar-refractivity contribution >= 4 is 15.9 Å². The van der Waals surface area contributed by atoms with Gasteiger partial charge in [0.25, 0.3) is 0 Å². The molecule has 0 amide bonds. The maximum absolute atomic E-state index is 12.2. The Morgan fingerprint density at radius 2 is 2.00 bits per heavy atom. The summed E-state index contributed by atoms with van der Waals surface area (Å²) in [4.78, 5) is 0.265. The van der Waals surface area contributed by atoms with Crippen molar-refractivity contribution in [2.45, 2.75) is 18.7 Å². The van der Waals surface area contributed by atoms with E-state index in [0.717, 1.165) is 9.87 Å². The predicted molar refractivity (Wildman–Crippen MR) is 67.6 cm³/mol. The van der Waals surface area contributed by atoms with Gasteiger partial charge in [0.1, 0.15) is 5.84 Å². The molecule has 0 radical (unpaired) electrons. The maximum Gasteiger partial charge on any atom is 0.243 e. The molecule has 0 atom stereocenters.